The van der Waals surface area contributed by atoms with Gasteiger partial charge in [-0.1, -0.05) is 0 Å². The van der Waals surface area contributed by atoms with Crippen LogP contribution in [-0.4, -0.2) is 16.1 Å². The predicted octanol–water partition coefficient (Wildman–Crippen LogP) is -0.0775. The number of hydrogen-bond donors (Lipinski definition) is 3. The minimum absolute atomic E-state index is 0.698. The summed E-state index contributed by atoms with van der Waals surface area (Å²) < 4.78 is 9.82. The number of nitriles is 1. The van der Waals surface area contributed by atoms with E-state index in [1.165, 1.54) is 6.92 Å². The van der Waals surface area contributed by atoms with E-state index in [9.17, 15) is 4.57 Å². The average Bonchev–Trinajstić information content (AvgIpc) is 1.84. The largest absolute Gasteiger partial charge is 0.346 e. The molecule has 64 valence electrons. The van der Waals surface area contributed by atoms with Crippen LogP contribution in [0.5, 0.6) is 0 Å². The zero-order valence-electron chi connectivity index (χ0n) is 5.76. The lowest BCUT2D eigenvalue weighted by Gasteiger charge is -1.97. The first-order valence-corrected chi connectivity index (χ1v) is 4.18. The summed E-state index contributed by atoms with van der Waals surface area (Å²) in [5.41, 5.74) is 1.59. The minimum Gasteiger partial charge on any atom is -0.323 e. The molecule has 0 rings (SSSR count). The highest BCUT2D eigenvalue weighted by atomic mass is 31.2. The van der Waals surface area contributed by atoms with Crippen molar-refractivity contribution in [2.45, 2.75) is 6.92 Å². The second-order valence-electron chi connectivity index (χ2n) is 1.30. The molecule has 0 saturated heterocycles. The molecule has 0 bridgehead atoms. The van der Waals surface area contributed by atoms with Crippen molar-refractivity contribution < 1.29 is 14.4 Å². The summed E-state index contributed by atoms with van der Waals surface area (Å²) in [5.74, 6) is 0. The molecule has 3 N–H and O–H groups in total. The zero-order valence-corrected chi connectivity index (χ0v) is 6.65. The molecule has 0 atom stereocenters. The molecule has 0 aromatic carbocycles. The van der Waals surface area contributed by atoms with Gasteiger partial charge in [-0.2, -0.15) is 5.26 Å². The molecular weight excluding hydrogens is 173 g/mol. The monoisotopic (exact) mass is 181 g/mol. The second-order valence-corrected chi connectivity index (χ2v) is 2.94. The molecule has 0 aliphatic carbocycles. The molecule has 0 unspecified atom stereocenters. The summed E-state index contributed by atoms with van der Waals surface area (Å²) in [5, 5.41) is 9.35. The molecule has 7 nitrogen and oxygen atoms in total. The van der Waals surface area contributed by atoms with Crippen molar-refractivity contribution in [3.8, 4) is 6.07 Å². The van der Waals surface area contributed by atoms with E-state index in [0.29, 0.717) is 0 Å². The fraction of sp³-hybridized carbons (Fsp3) is 0.667. The quantitative estimate of drug-likeness (QED) is 0.318. The van der Waals surface area contributed by atoms with Crippen molar-refractivity contribution in [1.29, 1.82) is 5.26 Å². The molecule has 0 amide bonds. The summed E-state index contributed by atoms with van der Waals surface area (Å²) in [7, 11) is -4.09. The Labute approximate surface area is 63.1 Å². The number of nitrogens with zero attached hydrogens (tertiary/aromatic N) is 2. The first-order valence-electron chi connectivity index (χ1n) is 2.38. The van der Waals surface area contributed by atoms with Gasteiger partial charge in [0.25, 0.3) is 0 Å². The third-order valence-electron chi connectivity index (χ3n) is 0.341. The van der Waals surface area contributed by atoms with Crippen LogP contribution >= 0.6 is 7.60 Å². The molecule has 0 aliphatic rings. The number of nitroso groups, excluding NO2 is 1. The smallest absolute Gasteiger partial charge is 0.323 e. The predicted molar refractivity (Wildman–Crippen MR) is 37.1 cm³/mol. The Morgan fingerprint density at radius 2 is 2.09 bits per heavy atom. The lowest BCUT2D eigenvalue weighted by Crippen LogP contribution is -2.05. The topological polar surface area (TPSA) is 123 Å². The van der Waals surface area contributed by atoms with Gasteiger partial charge in [0.05, 0.1) is 11.4 Å². The Bertz CT molecular complexity index is 182. The molecule has 0 aliphatic heterocycles. The maximum atomic E-state index is 9.82. The van der Waals surface area contributed by atoms with Crippen LogP contribution in [0.15, 0.2) is 5.29 Å². The molecule has 0 aromatic rings. The highest BCUT2D eigenvalue weighted by Gasteiger charge is 2.10. The summed E-state index contributed by atoms with van der Waals surface area (Å²) in [6, 6.07) is 1.75. The van der Waals surface area contributed by atoms with Gasteiger partial charge in [0, 0.05) is 6.92 Å². The van der Waals surface area contributed by atoms with Gasteiger partial charge >= 0.3 is 7.60 Å². The Kier molecular flexibility index (Phi) is 8.25. The van der Waals surface area contributed by atoms with E-state index < -0.39 is 13.9 Å². The number of hydrogen-bond acceptors (Lipinski definition) is 4. The van der Waals surface area contributed by atoms with Gasteiger partial charge < -0.3 is 9.79 Å². The lowest BCUT2D eigenvalue weighted by atomic mass is 11.0. The van der Waals surface area contributed by atoms with Gasteiger partial charge in [-0.3, -0.25) is 9.99 Å². The first kappa shape index (κ1) is 12.7. The van der Waals surface area contributed by atoms with E-state index in [2.05, 4.69) is 0 Å². The third kappa shape index (κ3) is 27.5. The van der Waals surface area contributed by atoms with E-state index in [1.54, 1.807) is 11.5 Å². The van der Waals surface area contributed by atoms with E-state index in [-0.39, 0.29) is 0 Å². The number of nitrogens with one attached hydrogen (secondary N) is 1. The van der Waals surface area contributed by atoms with E-state index in [0.717, 1.165) is 0 Å². The van der Waals surface area contributed by atoms with Crippen LogP contribution in [0.2, 0.25) is 0 Å². The highest BCUT2D eigenvalue weighted by molar-refractivity contribution is 7.51. The van der Waals surface area contributed by atoms with Gasteiger partial charge in [-0.05, 0) is 0 Å². The van der Waals surface area contributed by atoms with Crippen LogP contribution in [0, 0.1) is 16.2 Å². The van der Waals surface area contributed by atoms with Crippen LogP contribution in [-0.2, 0) is 4.57 Å². The third-order valence-corrected chi connectivity index (χ3v) is 0.895. The van der Waals surface area contributed by atoms with E-state index in [4.69, 9.17) is 20.0 Å². The van der Waals surface area contributed by atoms with Crippen molar-refractivity contribution in [1.82, 2.24) is 5.43 Å². The van der Waals surface area contributed by atoms with Crippen molar-refractivity contribution >= 4 is 7.60 Å². The normalized spacial score (nSPS) is 8.55. The molecule has 0 saturated carbocycles. The lowest BCUT2D eigenvalue weighted by molar-refractivity contribution is 0.368. The molecule has 0 radical (unpaired) electrons. The molecule has 11 heavy (non-hydrogen) atoms. The summed E-state index contributed by atoms with van der Waals surface area (Å²) >= 11 is 0. The Morgan fingerprint density at radius 1 is 1.73 bits per heavy atom. The van der Waals surface area contributed by atoms with Crippen molar-refractivity contribution in [3.63, 3.8) is 0 Å². The van der Waals surface area contributed by atoms with Crippen LogP contribution in [0.3, 0.4) is 0 Å². The van der Waals surface area contributed by atoms with Crippen LogP contribution in [0.4, 0.5) is 0 Å². The average molecular weight is 181 g/mol. The molecule has 0 fully saturated rings. The van der Waals surface area contributed by atoms with Gasteiger partial charge in [0.15, 0.2) is 0 Å². The minimum atomic E-state index is -4.09. The molecule has 8 heteroatoms. The van der Waals surface area contributed by atoms with Crippen molar-refractivity contribution in [2.24, 2.45) is 5.29 Å². The van der Waals surface area contributed by atoms with Crippen LogP contribution < -0.4 is 5.43 Å². The first-order chi connectivity index (χ1) is 4.97. The van der Waals surface area contributed by atoms with Crippen molar-refractivity contribution in [3.05, 3.63) is 4.91 Å². The highest BCUT2D eigenvalue weighted by Crippen LogP contribution is 2.31. The van der Waals surface area contributed by atoms with Crippen LogP contribution in [0.25, 0.3) is 0 Å². The Balaban J connectivity index is 0. The standard InChI is InChI=1S/C2H3N.CH5N2O4P/c1-2-3;4-3-2-1-8(5,6)7/h1H3;1H2,(H,2,4)(H2,5,6,7). The van der Waals surface area contributed by atoms with Crippen molar-refractivity contribution in [2.75, 3.05) is 6.29 Å². The fourth-order valence-electron chi connectivity index (χ4n) is 0.121. The number of rotatable bonds is 3. The summed E-state index contributed by atoms with van der Waals surface area (Å²) in [6.45, 7) is 1.43. The van der Waals surface area contributed by atoms with Gasteiger partial charge in [0.1, 0.15) is 6.29 Å². The van der Waals surface area contributed by atoms with Crippen LogP contribution in [0.1, 0.15) is 6.92 Å². The van der Waals surface area contributed by atoms with Gasteiger partial charge in [-0.15, -0.1) is 4.91 Å². The van der Waals surface area contributed by atoms with E-state index >= 15 is 0 Å². The molecular formula is C3H8N3O4P. The van der Waals surface area contributed by atoms with Gasteiger partial charge in [0.2, 0.25) is 0 Å². The summed E-state index contributed by atoms with van der Waals surface area (Å²) in [4.78, 5) is 25.1. The SMILES string of the molecule is CC#N.O=NNCP(=O)(O)O. The maximum absolute atomic E-state index is 9.82. The maximum Gasteiger partial charge on any atom is 0.346 e. The fourth-order valence-corrected chi connectivity index (χ4v) is 0.363. The van der Waals surface area contributed by atoms with E-state index in [1.807, 2.05) is 5.29 Å². The Hall–Kier alpha value is -0.960. The zero-order chi connectivity index (χ0) is 9.33. The molecule has 0 spiro atoms. The second kappa shape index (κ2) is 7.15. The molecule has 0 heterocycles. The Morgan fingerprint density at radius 3 is 2.18 bits per heavy atom. The van der Waals surface area contributed by atoms with Gasteiger partial charge in [-0.25, -0.2) is 0 Å². The molecule has 0 aromatic heterocycles. The summed E-state index contributed by atoms with van der Waals surface area (Å²) in [6.07, 6.45) is -0.698.